The molecule has 0 radical (unpaired) electrons. The maximum atomic E-state index is 2.72. The van der Waals surface area contributed by atoms with Crippen LogP contribution in [0.2, 0.25) is 0 Å². The first-order valence-corrected chi connectivity index (χ1v) is 24.4. The summed E-state index contributed by atoms with van der Waals surface area (Å²) in [5.74, 6) is 0. The Bertz CT molecular complexity index is 2770. The molecule has 10 rings (SSSR count). The van der Waals surface area contributed by atoms with Crippen LogP contribution in [0.25, 0.3) is 0 Å². The highest BCUT2D eigenvalue weighted by Crippen LogP contribution is 2.56. The molecule has 0 bridgehead atoms. The summed E-state index contributed by atoms with van der Waals surface area (Å²) in [6, 6.07) is 33.1. The largest absolute Gasteiger partial charge is 0.311 e. The Morgan fingerprint density at radius 3 is 1.32 bits per heavy atom. The Balaban J connectivity index is 1.35. The summed E-state index contributed by atoms with van der Waals surface area (Å²) < 4.78 is 0. The minimum absolute atomic E-state index is 0.00103. The predicted octanol–water partition coefficient (Wildman–Crippen LogP) is 14.6. The molecule has 2 nitrogen and oxygen atoms in total. The molecule has 0 aromatic heterocycles. The number of rotatable bonds is 2. The first-order chi connectivity index (χ1) is 28.9. The Kier molecular flexibility index (Phi) is 8.65. The molecular weight excluding hydrogens is 759 g/mol. The second kappa shape index (κ2) is 12.8. The topological polar surface area (TPSA) is 6.48 Å². The zero-order chi connectivity index (χ0) is 45.6. The molecule has 0 unspecified atom stereocenters. The van der Waals surface area contributed by atoms with E-state index in [9.17, 15) is 0 Å². The lowest BCUT2D eigenvalue weighted by Crippen LogP contribution is -2.62. The van der Waals surface area contributed by atoms with Crippen LogP contribution < -0.4 is 26.2 Å². The van der Waals surface area contributed by atoms with Crippen molar-refractivity contribution >= 4 is 57.2 Å². The van der Waals surface area contributed by atoms with E-state index in [0.717, 1.165) is 12.8 Å². The van der Waals surface area contributed by atoms with E-state index in [1.165, 1.54) is 108 Å². The molecule has 328 valence electrons. The molecule has 3 heteroatoms. The number of hydrogen-bond acceptors (Lipinski definition) is 2. The summed E-state index contributed by atoms with van der Waals surface area (Å²) in [5, 5.41) is 0. The van der Waals surface area contributed by atoms with Crippen LogP contribution in [0.3, 0.4) is 0 Å². The van der Waals surface area contributed by atoms with Gasteiger partial charge in [-0.25, -0.2) is 0 Å². The first-order valence-electron chi connectivity index (χ1n) is 24.4. The van der Waals surface area contributed by atoms with Crippen molar-refractivity contribution in [3.8, 4) is 0 Å². The molecular formula is C60H75BN2. The molecule has 0 atom stereocenters. The van der Waals surface area contributed by atoms with E-state index in [1.54, 1.807) is 0 Å². The van der Waals surface area contributed by atoms with E-state index in [-0.39, 0.29) is 50.0 Å². The van der Waals surface area contributed by atoms with Crippen LogP contribution in [0.5, 0.6) is 0 Å². The SMILES string of the molecule is CC(C)(C)c1ccc2c(c1)B1c3cc4c(cc3N(c3ccc5c(c3)C(C)(C)CC5(C)C)c3cc(C(C)(C)C)cc(c31)N2c1ccc2c(c1)C(C)(C)CCC2(C)C)C(C)(C)CC4(C)C. The second-order valence-electron chi connectivity index (χ2n) is 26.9. The maximum Gasteiger partial charge on any atom is 0.252 e. The van der Waals surface area contributed by atoms with Crippen LogP contribution in [0, 0.1) is 0 Å². The van der Waals surface area contributed by atoms with Crippen LogP contribution in [0.15, 0.2) is 78.9 Å². The van der Waals surface area contributed by atoms with Crippen LogP contribution in [0.4, 0.5) is 34.1 Å². The van der Waals surface area contributed by atoms with Gasteiger partial charge in [-0.3, -0.25) is 0 Å². The van der Waals surface area contributed by atoms with Gasteiger partial charge in [0.15, 0.2) is 0 Å². The zero-order valence-corrected chi connectivity index (χ0v) is 42.3. The van der Waals surface area contributed by atoms with Crippen molar-refractivity contribution in [2.24, 2.45) is 0 Å². The van der Waals surface area contributed by atoms with E-state index < -0.39 is 0 Å². The lowest BCUT2D eigenvalue weighted by molar-refractivity contribution is 0.332. The summed E-state index contributed by atoms with van der Waals surface area (Å²) in [6.45, 7) is 44.0. The van der Waals surface area contributed by atoms with Gasteiger partial charge in [0, 0.05) is 34.1 Å². The van der Waals surface area contributed by atoms with Crippen molar-refractivity contribution in [2.75, 3.05) is 9.80 Å². The van der Waals surface area contributed by atoms with Gasteiger partial charge in [0.2, 0.25) is 0 Å². The van der Waals surface area contributed by atoms with Gasteiger partial charge < -0.3 is 9.80 Å². The first kappa shape index (κ1) is 42.7. The molecule has 5 aromatic carbocycles. The summed E-state index contributed by atoms with van der Waals surface area (Å²) in [5.41, 5.74) is 24.5. The summed E-state index contributed by atoms with van der Waals surface area (Å²) >= 11 is 0. The molecule has 5 aliphatic rings. The lowest BCUT2D eigenvalue weighted by atomic mass is 9.33. The van der Waals surface area contributed by atoms with Gasteiger partial charge in [-0.05, 0) is 178 Å². The van der Waals surface area contributed by atoms with Gasteiger partial charge in [-0.2, -0.15) is 0 Å². The normalized spacial score (nSPS) is 21.3. The number of hydrogen-bond donors (Lipinski definition) is 0. The van der Waals surface area contributed by atoms with Crippen LogP contribution in [0.1, 0.15) is 195 Å². The van der Waals surface area contributed by atoms with E-state index >= 15 is 0 Å². The molecule has 2 heterocycles. The van der Waals surface area contributed by atoms with Crippen molar-refractivity contribution in [1.29, 1.82) is 0 Å². The molecule has 0 saturated heterocycles. The average Bonchev–Trinajstić information content (AvgIpc) is 3.48. The van der Waals surface area contributed by atoms with E-state index in [0.29, 0.717) is 0 Å². The summed E-state index contributed by atoms with van der Waals surface area (Å²) in [4.78, 5) is 5.40. The van der Waals surface area contributed by atoms with Crippen molar-refractivity contribution in [1.82, 2.24) is 0 Å². The number of nitrogens with zero attached hydrogens (tertiary/aromatic N) is 2. The third-order valence-corrected chi connectivity index (χ3v) is 17.0. The lowest BCUT2D eigenvalue weighted by Gasteiger charge is -2.47. The molecule has 0 N–H and O–H groups in total. The number of benzene rings is 5. The number of fused-ring (bicyclic) bond motifs is 7. The van der Waals surface area contributed by atoms with Crippen molar-refractivity contribution in [2.45, 2.75) is 194 Å². The van der Waals surface area contributed by atoms with E-state index in [2.05, 4.69) is 213 Å². The summed E-state index contributed by atoms with van der Waals surface area (Å²) in [7, 11) is 0. The van der Waals surface area contributed by atoms with Gasteiger partial charge >= 0.3 is 0 Å². The van der Waals surface area contributed by atoms with Crippen LogP contribution in [-0.4, -0.2) is 6.71 Å². The van der Waals surface area contributed by atoms with Gasteiger partial charge in [0.1, 0.15) is 0 Å². The monoisotopic (exact) mass is 835 g/mol. The summed E-state index contributed by atoms with van der Waals surface area (Å²) in [6.07, 6.45) is 4.69. The van der Waals surface area contributed by atoms with Crippen molar-refractivity contribution < 1.29 is 0 Å². The molecule has 0 saturated carbocycles. The van der Waals surface area contributed by atoms with Crippen molar-refractivity contribution in [3.05, 3.63) is 123 Å². The number of anilines is 6. The Labute approximate surface area is 382 Å². The predicted molar refractivity (Wildman–Crippen MR) is 274 cm³/mol. The Morgan fingerprint density at radius 1 is 0.381 bits per heavy atom. The van der Waals surface area contributed by atoms with Crippen LogP contribution >= 0.6 is 0 Å². The molecule has 3 aliphatic carbocycles. The molecule has 63 heavy (non-hydrogen) atoms. The van der Waals surface area contributed by atoms with Gasteiger partial charge in [-0.1, -0.05) is 155 Å². The molecule has 0 amide bonds. The van der Waals surface area contributed by atoms with Gasteiger partial charge in [-0.15, -0.1) is 0 Å². The zero-order valence-electron chi connectivity index (χ0n) is 42.3. The Morgan fingerprint density at radius 2 is 0.794 bits per heavy atom. The average molecular weight is 835 g/mol. The molecule has 0 spiro atoms. The fraction of sp³-hybridized carbons (Fsp3) is 0.500. The quantitative estimate of drug-likeness (QED) is 0.160. The van der Waals surface area contributed by atoms with Crippen LogP contribution in [-0.2, 0) is 43.3 Å². The minimum Gasteiger partial charge on any atom is -0.311 e. The van der Waals surface area contributed by atoms with Crippen molar-refractivity contribution in [3.63, 3.8) is 0 Å². The van der Waals surface area contributed by atoms with Gasteiger partial charge in [0.05, 0.1) is 0 Å². The standard InChI is InChI=1S/C60H75BN2/c1-53(2,3)36-19-24-48-46(27-36)61-47-32-44-45(60(17,18)35-59(44,15)16)33-49(47)63(39-21-23-41-43(31-39)58(13,14)34-57(41,11)12)51-29-37(54(4,5)6)28-50(52(51)61)62(48)38-20-22-40-42(30-38)56(9,10)26-25-55(40,7)8/h19-24,27-33H,25-26,34-35H2,1-18H3. The highest BCUT2D eigenvalue weighted by molar-refractivity contribution is 7.00. The fourth-order valence-electron chi connectivity index (χ4n) is 13.7. The Hall–Kier alpha value is -4.24. The third kappa shape index (κ3) is 6.23. The van der Waals surface area contributed by atoms with Gasteiger partial charge in [0.25, 0.3) is 6.71 Å². The molecule has 5 aromatic rings. The second-order valence-corrected chi connectivity index (χ2v) is 26.9. The van der Waals surface area contributed by atoms with E-state index in [4.69, 9.17) is 0 Å². The highest BCUT2D eigenvalue weighted by atomic mass is 15.2. The minimum atomic E-state index is -0.0786. The highest BCUT2D eigenvalue weighted by Gasteiger charge is 2.50. The van der Waals surface area contributed by atoms with E-state index in [1.807, 2.05) is 0 Å². The fourth-order valence-corrected chi connectivity index (χ4v) is 13.7. The maximum absolute atomic E-state index is 2.72. The molecule has 0 fully saturated rings. The smallest absolute Gasteiger partial charge is 0.252 e. The molecule has 2 aliphatic heterocycles. The third-order valence-electron chi connectivity index (χ3n) is 17.0.